The molecule has 4 heteroatoms. The van der Waals surface area contributed by atoms with Gasteiger partial charge in [-0.15, -0.1) is 11.6 Å². The normalized spacial score (nSPS) is 11.0. The highest BCUT2D eigenvalue weighted by molar-refractivity contribution is 6.18. The van der Waals surface area contributed by atoms with Crippen LogP contribution in [0.25, 0.3) is 11.0 Å². The summed E-state index contributed by atoms with van der Waals surface area (Å²) in [4.78, 5) is 0. The molecule has 22 heavy (non-hydrogen) atoms. The average molecular weight is 316 g/mol. The SMILES string of the molecule is Cc1ccc(COc2ccc3c(CCCl)noc3c2C)cc1. The van der Waals surface area contributed by atoms with Crippen LogP contribution in [0.5, 0.6) is 5.75 Å². The molecule has 0 aliphatic carbocycles. The van der Waals surface area contributed by atoms with Crippen molar-refractivity contribution < 1.29 is 9.26 Å². The van der Waals surface area contributed by atoms with Crippen LogP contribution in [-0.4, -0.2) is 11.0 Å². The molecule has 0 radical (unpaired) electrons. The van der Waals surface area contributed by atoms with Gasteiger partial charge in [0, 0.05) is 23.3 Å². The van der Waals surface area contributed by atoms with Gasteiger partial charge in [0.2, 0.25) is 0 Å². The van der Waals surface area contributed by atoms with Gasteiger partial charge >= 0.3 is 0 Å². The number of benzene rings is 2. The number of rotatable bonds is 5. The lowest BCUT2D eigenvalue weighted by Gasteiger charge is -2.09. The van der Waals surface area contributed by atoms with E-state index in [2.05, 4.69) is 36.3 Å². The summed E-state index contributed by atoms with van der Waals surface area (Å²) >= 11 is 5.79. The minimum Gasteiger partial charge on any atom is -0.488 e. The Morgan fingerprint density at radius 3 is 2.59 bits per heavy atom. The van der Waals surface area contributed by atoms with Gasteiger partial charge in [0.1, 0.15) is 12.4 Å². The van der Waals surface area contributed by atoms with Crippen molar-refractivity contribution in [1.82, 2.24) is 5.16 Å². The zero-order valence-electron chi connectivity index (χ0n) is 12.7. The fourth-order valence-electron chi connectivity index (χ4n) is 2.44. The van der Waals surface area contributed by atoms with Gasteiger partial charge in [0.25, 0.3) is 0 Å². The van der Waals surface area contributed by atoms with Crippen molar-refractivity contribution in [2.24, 2.45) is 0 Å². The smallest absolute Gasteiger partial charge is 0.173 e. The maximum Gasteiger partial charge on any atom is 0.173 e. The number of ether oxygens (including phenoxy) is 1. The zero-order valence-corrected chi connectivity index (χ0v) is 13.5. The fraction of sp³-hybridized carbons (Fsp3) is 0.278. The Bertz CT molecular complexity index is 778. The summed E-state index contributed by atoms with van der Waals surface area (Å²) in [6.45, 7) is 4.60. The van der Waals surface area contributed by atoms with Gasteiger partial charge < -0.3 is 9.26 Å². The summed E-state index contributed by atoms with van der Waals surface area (Å²) in [5, 5.41) is 5.11. The molecule has 3 rings (SSSR count). The summed E-state index contributed by atoms with van der Waals surface area (Å²) in [6.07, 6.45) is 0.706. The average Bonchev–Trinajstić information content (AvgIpc) is 2.93. The largest absolute Gasteiger partial charge is 0.488 e. The van der Waals surface area contributed by atoms with Crippen molar-refractivity contribution in [3.63, 3.8) is 0 Å². The lowest BCUT2D eigenvalue weighted by Crippen LogP contribution is -1.97. The van der Waals surface area contributed by atoms with Gasteiger partial charge in [0.15, 0.2) is 5.58 Å². The van der Waals surface area contributed by atoms with Crippen LogP contribution in [0, 0.1) is 13.8 Å². The van der Waals surface area contributed by atoms with Crippen LogP contribution < -0.4 is 4.74 Å². The van der Waals surface area contributed by atoms with Crippen LogP contribution in [0.15, 0.2) is 40.9 Å². The topological polar surface area (TPSA) is 35.3 Å². The predicted octanol–water partition coefficient (Wildman–Crippen LogP) is 4.80. The lowest BCUT2D eigenvalue weighted by molar-refractivity contribution is 0.303. The fourth-order valence-corrected chi connectivity index (χ4v) is 2.62. The quantitative estimate of drug-likeness (QED) is 0.634. The van der Waals surface area contributed by atoms with Gasteiger partial charge in [-0.1, -0.05) is 35.0 Å². The molecule has 1 aromatic heterocycles. The van der Waals surface area contributed by atoms with E-state index in [9.17, 15) is 0 Å². The maximum atomic E-state index is 5.93. The molecule has 0 amide bonds. The Hall–Kier alpha value is -2.00. The molecule has 0 N–H and O–H groups in total. The standard InChI is InChI=1S/C18H18ClNO2/c1-12-3-5-14(6-4-12)11-21-17-8-7-15-16(9-10-19)20-22-18(15)13(17)2/h3-8H,9-11H2,1-2H3. The number of aromatic nitrogens is 1. The van der Waals surface area contributed by atoms with Gasteiger partial charge in [-0.25, -0.2) is 0 Å². The molecule has 114 valence electrons. The molecule has 0 atom stereocenters. The Balaban J connectivity index is 1.82. The van der Waals surface area contributed by atoms with Crippen molar-refractivity contribution in [2.75, 3.05) is 5.88 Å². The van der Waals surface area contributed by atoms with Gasteiger partial charge in [-0.05, 0) is 31.5 Å². The van der Waals surface area contributed by atoms with Crippen LogP contribution in [-0.2, 0) is 13.0 Å². The van der Waals surface area contributed by atoms with Crippen LogP contribution in [0.2, 0.25) is 0 Å². The van der Waals surface area contributed by atoms with Crippen LogP contribution in [0.3, 0.4) is 0 Å². The minimum absolute atomic E-state index is 0.534. The molecule has 0 aliphatic rings. The van der Waals surface area contributed by atoms with Crippen molar-refractivity contribution in [3.05, 3.63) is 58.8 Å². The van der Waals surface area contributed by atoms with Crippen molar-refractivity contribution in [3.8, 4) is 5.75 Å². The van der Waals surface area contributed by atoms with Crippen molar-refractivity contribution >= 4 is 22.6 Å². The highest BCUT2D eigenvalue weighted by Crippen LogP contribution is 2.30. The highest BCUT2D eigenvalue weighted by Gasteiger charge is 2.13. The first-order chi connectivity index (χ1) is 10.7. The molecule has 0 fully saturated rings. The summed E-state index contributed by atoms with van der Waals surface area (Å²) in [7, 11) is 0. The molecule has 0 spiro atoms. The number of alkyl halides is 1. The third-order valence-corrected chi connectivity index (χ3v) is 3.95. The monoisotopic (exact) mass is 315 g/mol. The van der Waals surface area contributed by atoms with Crippen LogP contribution >= 0.6 is 11.6 Å². The molecule has 0 aliphatic heterocycles. The number of nitrogens with zero attached hydrogens (tertiary/aromatic N) is 1. The van der Waals surface area contributed by atoms with E-state index in [1.54, 1.807) is 0 Å². The second-order valence-electron chi connectivity index (χ2n) is 5.41. The second kappa shape index (κ2) is 6.41. The van der Waals surface area contributed by atoms with Crippen LogP contribution in [0.4, 0.5) is 0 Å². The van der Waals surface area contributed by atoms with E-state index in [1.165, 1.54) is 5.56 Å². The highest BCUT2D eigenvalue weighted by atomic mass is 35.5. The first-order valence-corrected chi connectivity index (χ1v) is 7.84. The summed E-state index contributed by atoms with van der Waals surface area (Å²) in [5.74, 6) is 1.36. The molecule has 0 saturated heterocycles. The second-order valence-corrected chi connectivity index (χ2v) is 5.79. The summed E-state index contributed by atoms with van der Waals surface area (Å²) in [6, 6.07) is 12.3. The van der Waals surface area contributed by atoms with E-state index in [-0.39, 0.29) is 0 Å². The van der Waals surface area contributed by atoms with Gasteiger partial charge in [-0.2, -0.15) is 0 Å². The first kappa shape index (κ1) is 14.9. The third kappa shape index (κ3) is 2.95. The van der Waals surface area contributed by atoms with E-state index >= 15 is 0 Å². The Morgan fingerprint density at radius 1 is 1.09 bits per heavy atom. The molecule has 2 aromatic carbocycles. The molecule has 3 aromatic rings. The number of hydrogen-bond acceptors (Lipinski definition) is 3. The van der Waals surface area contributed by atoms with E-state index in [0.29, 0.717) is 18.9 Å². The zero-order chi connectivity index (χ0) is 15.5. The number of aryl methyl sites for hydroxylation is 3. The predicted molar refractivity (Wildman–Crippen MR) is 88.7 cm³/mol. The minimum atomic E-state index is 0.534. The molecule has 0 saturated carbocycles. The Labute approximate surface area is 134 Å². The molecular weight excluding hydrogens is 298 g/mol. The van der Waals surface area contributed by atoms with Crippen LogP contribution in [0.1, 0.15) is 22.4 Å². The Kier molecular flexibility index (Phi) is 4.34. The summed E-state index contributed by atoms with van der Waals surface area (Å²) < 4.78 is 11.4. The maximum absolute atomic E-state index is 5.93. The van der Waals surface area contributed by atoms with E-state index in [1.807, 2.05) is 19.1 Å². The first-order valence-electron chi connectivity index (χ1n) is 7.31. The number of halogens is 1. The molecular formula is C18H18ClNO2. The molecule has 0 bridgehead atoms. The van der Waals surface area contributed by atoms with Crippen molar-refractivity contribution in [1.29, 1.82) is 0 Å². The number of hydrogen-bond donors (Lipinski definition) is 0. The Morgan fingerprint density at radius 2 is 1.86 bits per heavy atom. The summed E-state index contributed by atoms with van der Waals surface area (Å²) in [5.41, 5.74) is 5.04. The molecule has 1 heterocycles. The van der Waals surface area contributed by atoms with Crippen molar-refractivity contribution in [2.45, 2.75) is 26.9 Å². The molecule has 3 nitrogen and oxygen atoms in total. The number of fused-ring (bicyclic) bond motifs is 1. The van der Waals surface area contributed by atoms with E-state index in [0.717, 1.165) is 33.5 Å². The lowest BCUT2D eigenvalue weighted by atomic mass is 10.1. The van der Waals surface area contributed by atoms with Gasteiger partial charge in [-0.3, -0.25) is 0 Å². The van der Waals surface area contributed by atoms with E-state index < -0.39 is 0 Å². The molecule has 0 unspecified atom stereocenters. The van der Waals surface area contributed by atoms with Gasteiger partial charge in [0.05, 0.1) is 5.69 Å². The third-order valence-electron chi connectivity index (χ3n) is 3.76. The van der Waals surface area contributed by atoms with E-state index in [4.69, 9.17) is 20.9 Å².